The fourth-order valence-electron chi connectivity index (χ4n) is 1.84. The molecule has 126 valence electrons. The average molecular weight is 332 g/mol. The van der Waals surface area contributed by atoms with Crippen molar-refractivity contribution in [2.75, 3.05) is 13.2 Å². The number of carbonyl (C=O) groups is 1. The number of nitro groups is 1. The van der Waals surface area contributed by atoms with Crippen LogP contribution in [0, 0.1) is 17.0 Å². The van der Waals surface area contributed by atoms with E-state index in [2.05, 4.69) is 4.98 Å². The zero-order valence-corrected chi connectivity index (χ0v) is 13.2. The number of esters is 1. The van der Waals surface area contributed by atoms with Crippen molar-refractivity contribution >= 4 is 11.8 Å². The second-order valence-corrected chi connectivity index (χ2v) is 4.70. The smallest absolute Gasteiger partial charge is 0.406 e. The third kappa shape index (κ3) is 4.67. The van der Waals surface area contributed by atoms with Crippen LogP contribution in [0.25, 0.3) is 0 Å². The third-order valence-electron chi connectivity index (χ3n) is 2.86. The Balaban J connectivity index is 1.95. The molecule has 0 aliphatic heterocycles. The Morgan fingerprint density at radius 1 is 1.12 bits per heavy atom. The summed E-state index contributed by atoms with van der Waals surface area (Å²) in [6.45, 7) is 3.55. The number of hydrogen-bond acceptors (Lipinski definition) is 7. The number of benzene rings is 1. The van der Waals surface area contributed by atoms with Crippen LogP contribution in [0.2, 0.25) is 0 Å². The van der Waals surface area contributed by atoms with Gasteiger partial charge in [0, 0.05) is 6.92 Å². The van der Waals surface area contributed by atoms with Crippen molar-refractivity contribution in [3.8, 4) is 17.2 Å². The van der Waals surface area contributed by atoms with Gasteiger partial charge in [0.05, 0.1) is 6.61 Å². The highest BCUT2D eigenvalue weighted by Gasteiger charge is 2.19. The Bertz CT molecular complexity index is 730. The molecular formula is C16H16N2O6. The molecule has 8 heteroatoms. The molecule has 1 aromatic heterocycles. The highest BCUT2D eigenvalue weighted by atomic mass is 16.6. The van der Waals surface area contributed by atoms with Crippen LogP contribution >= 0.6 is 0 Å². The first-order valence-electron chi connectivity index (χ1n) is 7.18. The maximum Gasteiger partial charge on any atom is 0.406 e. The highest BCUT2D eigenvalue weighted by Crippen LogP contribution is 2.24. The number of nitrogens with zero attached hydrogens (tertiary/aromatic N) is 2. The Morgan fingerprint density at radius 2 is 1.79 bits per heavy atom. The normalized spacial score (nSPS) is 10.1. The van der Waals surface area contributed by atoms with Crippen molar-refractivity contribution in [2.24, 2.45) is 0 Å². The number of carbonyl (C=O) groups excluding carboxylic acids is 1. The fourth-order valence-corrected chi connectivity index (χ4v) is 1.84. The number of hydrogen-bond donors (Lipinski definition) is 0. The number of ether oxygens (including phenoxy) is 3. The number of pyridine rings is 1. The first-order chi connectivity index (χ1) is 11.5. The van der Waals surface area contributed by atoms with E-state index < -0.39 is 23.3 Å². The van der Waals surface area contributed by atoms with Gasteiger partial charge in [-0.1, -0.05) is 0 Å². The summed E-state index contributed by atoms with van der Waals surface area (Å²) in [5.74, 6) is -0.231. The van der Waals surface area contributed by atoms with E-state index >= 15 is 0 Å². The standard InChI is InChI=1S/C16H16N2O6/c1-3-22-12-5-7-13(8-6-12)24-15(19)10-23-14-9-4-11(2)17-16(14)18(20)21/h4-9H,3,10H2,1-2H3. The van der Waals surface area contributed by atoms with Crippen LogP contribution in [0.1, 0.15) is 12.6 Å². The summed E-state index contributed by atoms with van der Waals surface area (Å²) in [7, 11) is 0. The minimum atomic E-state index is -0.686. The molecule has 0 fully saturated rings. The van der Waals surface area contributed by atoms with E-state index in [4.69, 9.17) is 14.2 Å². The summed E-state index contributed by atoms with van der Waals surface area (Å²) in [6, 6.07) is 9.45. The Kier molecular flexibility index (Phi) is 5.67. The lowest BCUT2D eigenvalue weighted by molar-refractivity contribution is -0.390. The van der Waals surface area contributed by atoms with Gasteiger partial charge in [-0.25, -0.2) is 4.79 Å². The second kappa shape index (κ2) is 7.91. The molecule has 0 aliphatic carbocycles. The molecule has 0 unspecified atom stereocenters. The van der Waals surface area contributed by atoms with E-state index in [-0.39, 0.29) is 5.75 Å². The van der Waals surface area contributed by atoms with E-state index in [0.29, 0.717) is 23.8 Å². The molecule has 2 rings (SSSR count). The van der Waals surface area contributed by atoms with Gasteiger partial charge in [0.1, 0.15) is 17.2 Å². The molecule has 0 atom stereocenters. The van der Waals surface area contributed by atoms with Gasteiger partial charge in [-0.05, 0) is 53.2 Å². The first kappa shape index (κ1) is 17.2. The van der Waals surface area contributed by atoms with E-state index in [9.17, 15) is 14.9 Å². The summed E-state index contributed by atoms with van der Waals surface area (Å²) >= 11 is 0. The van der Waals surface area contributed by atoms with Gasteiger partial charge in [-0.2, -0.15) is 0 Å². The van der Waals surface area contributed by atoms with Gasteiger partial charge in [0.25, 0.3) is 0 Å². The summed E-state index contributed by atoms with van der Waals surface area (Å²) in [5.41, 5.74) is 0.478. The van der Waals surface area contributed by atoms with Crippen LogP contribution in [0.3, 0.4) is 0 Å². The van der Waals surface area contributed by atoms with Crippen molar-refractivity contribution in [3.05, 3.63) is 52.2 Å². The average Bonchev–Trinajstić information content (AvgIpc) is 2.55. The maximum atomic E-state index is 11.8. The van der Waals surface area contributed by atoms with E-state index in [1.165, 1.54) is 6.07 Å². The molecule has 0 radical (unpaired) electrons. The van der Waals surface area contributed by atoms with Crippen LogP contribution in [0.5, 0.6) is 17.2 Å². The van der Waals surface area contributed by atoms with Crippen LogP contribution in [0.4, 0.5) is 5.82 Å². The lowest BCUT2D eigenvalue weighted by atomic mass is 10.3. The summed E-state index contributed by atoms with van der Waals surface area (Å²) in [5, 5.41) is 10.9. The van der Waals surface area contributed by atoms with Gasteiger partial charge in [0.2, 0.25) is 5.75 Å². The molecule has 1 heterocycles. The maximum absolute atomic E-state index is 11.8. The number of aryl methyl sites for hydroxylation is 1. The summed E-state index contributed by atoms with van der Waals surface area (Å²) in [4.78, 5) is 25.8. The molecule has 0 saturated carbocycles. The largest absolute Gasteiger partial charge is 0.494 e. The summed E-state index contributed by atoms with van der Waals surface area (Å²) in [6.07, 6.45) is 0. The molecule has 2 aromatic rings. The fraction of sp³-hybridized carbons (Fsp3) is 0.250. The molecule has 1 aromatic carbocycles. The van der Waals surface area contributed by atoms with E-state index in [0.717, 1.165) is 0 Å². The van der Waals surface area contributed by atoms with Crippen LogP contribution < -0.4 is 14.2 Å². The van der Waals surface area contributed by atoms with Crippen molar-refractivity contribution in [2.45, 2.75) is 13.8 Å². The van der Waals surface area contributed by atoms with Gasteiger partial charge < -0.3 is 24.3 Å². The molecule has 0 spiro atoms. The Morgan fingerprint density at radius 3 is 2.42 bits per heavy atom. The molecule has 0 amide bonds. The molecule has 0 N–H and O–H groups in total. The zero-order chi connectivity index (χ0) is 17.5. The molecular weight excluding hydrogens is 316 g/mol. The monoisotopic (exact) mass is 332 g/mol. The predicted molar refractivity (Wildman–Crippen MR) is 84.4 cm³/mol. The van der Waals surface area contributed by atoms with Gasteiger partial charge in [-0.3, -0.25) is 0 Å². The molecule has 0 saturated heterocycles. The van der Waals surface area contributed by atoms with Crippen LogP contribution in [0.15, 0.2) is 36.4 Å². The summed E-state index contributed by atoms with van der Waals surface area (Å²) < 4.78 is 15.5. The van der Waals surface area contributed by atoms with Crippen molar-refractivity contribution in [3.63, 3.8) is 0 Å². The van der Waals surface area contributed by atoms with Gasteiger partial charge in [-0.15, -0.1) is 0 Å². The second-order valence-electron chi connectivity index (χ2n) is 4.70. The Labute approximate surface area is 138 Å². The quantitative estimate of drug-likeness (QED) is 0.332. The van der Waals surface area contributed by atoms with Gasteiger partial charge >= 0.3 is 11.8 Å². The number of aromatic nitrogens is 1. The molecule has 24 heavy (non-hydrogen) atoms. The number of rotatable bonds is 7. The van der Waals surface area contributed by atoms with Crippen LogP contribution in [-0.4, -0.2) is 29.1 Å². The topological polar surface area (TPSA) is 101 Å². The van der Waals surface area contributed by atoms with Crippen molar-refractivity contribution in [1.29, 1.82) is 0 Å². The highest BCUT2D eigenvalue weighted by molar-refractivity contribution is 5.74. The van der Waals surface area contributed by atoms with Crippen LogP contribution in [-0.2, 0) is 4.79 Å². The third-order valence-corrected chi connectivity index (χ3v) is 2.86. The van der Waals surface area contributed by atoms with E-state index in [1.807, 2.05) is 6.92 Å². The lowest BCUT2D eigenvalue weighted by Crippen LogP contribution is -2.18. The van der Waals surface area contributed by atoms with Gasteiger partial charge in [0.15, 0.2) is 6.61 Å². The minimum Gasteiger partial charge on any atom is -0.494 e. The van der Waals surface area contributed by atoms with E-state index in [1.54, 1.807) is 37.3 Å². The molecule has 0 bridgehead atoms. The van der Waals surface area contributed by atoms with Crippen molar-refractivity contribution < 1.29 is 23.9 Å². The minimum absolute atomic E-state index is 0.0887. The molecule has 0 aliphatic rings. The zero-order valence-electron chi connectivity index (χ0n) is 13.2. The lowest BCUT2D eigenvalue weighted by Gasteiger charge is -2.08. The predicted octanol–water partition coefficient (Wildman–Crippen LogP) is 2.68. The first-order valence-corrected chi connectivity index (χ1v) is 7.18. The molecule has 8 nitrogen and oxygen atoms in total. The Hall–Kier alpha value is -3.16. The van der Waals surface area contributed by atoms with Crippen molar-refractivity contribution in [1.82, 2.24) is 4.98 Å². The SMILES string of the molecule is CCOc1ccc(OC(=O)COc2ccc(C)nc2[N+](=O)[O-])cc1.